The SMILES string of the molecule is CC(C)(O)[C@@H]1CC[C@@]2(C)[C@H]1[C@@H](O)C[C@]1(C)[C@@H]2CC[C@@H]2[C@@]3(C)CC[C@H](O)C(C)(C)[C@H]3[C@@H](O)C[C@]21C. The normalized spacial score (nSPS) is 58.9. The van der Waals surface area contributed by atoms with Crippen molar-refractivity contribution < 1.29 is 20.4 Å². The number of fused-ring (bicyclic) bond motifs is 7. The highest BCUT2D eigenvalue weighted by Crippen LogP contribution is 2.78. The summed E-state index contributed by atoms with van der Waals surface area (Å²) in [6.45, 7) is 17.9. The zero-order valence-electron chi connectivity index (χ0n) is 23.1. The van der Waals surface area contributed by atoms with E-state index in [-0.39, 0.29) is 50.9 Å². The van der Waals surface area contributed by atoms with Gasteiger partial charge in [-0.3, -0.25) is 0 Å². The molecule has 5 rings (SSSR count). The Morgan fingerprint density at radius 2 is 1.18 bits per heavy atom. The monoisotopic (exact) mass is 476 g/mol. The third-order valence-corrected chi connectivity index (χ3v) is 13.7. The first kappa shape index (κ1) is 25.5. The maximum Gasteiger partial charge on any atom is 0.0623 e. The van der Waals surface area contributed by atoms with Crippen LogP contribution in [0.4, 0.5) is 0 Å². The van der Waals surface area contributed by atoms with Crippen molar-refractivity contribution >= 4 is 0 Å². The van der Waals surface area contributed by atoms with Crippen molar-refractivity contribution in [3.05, 3.63) is 0 Å². The minimum absolute atomic E-state index is 0.00284. The lowest BCUT2D eigenvalue weighted by molar-refractivity contribution is -0.289. The van der Waals surface area contributed by atoms with Crippen molar-refractivity contribution in [1.29, 1.82) is 0 Å². The summed E-state index contributed by atoms with van der Waals surface area (Å²) in [5, 5.41) is 45.4. The largest absolute Gasteiger partial charge is 0.393 e. The predicted molar refractivity (Wildman–Crippen MR) is 135 cm³/mol. The third-order valence-electron chi connectivity index (χ3n) is 13.7. The molecule has 5 saturated carbocycles. The van der Waals surface area contributed by atoms with Gasteiger partial charge in [-0.05, 0) is 122 Å². The highest BCUT2D eigenvalue weighted by Gasteiger charge is 2.74. The van der Waals surface area contributed by atoms with Crippen molar-refractivity contribution in [2.24, 2.45) is 56.7 Å². The van der Waals surface area contributed by atoms with E-state index in [1.807, 2.05) is 13.8 Å². The molecule has 12 atom stereocenters. The van der Waals surface area contributed by atoms with Gasteiger partial charge in [0.25, 0.3) is 0 Å². The van der Waals surface area contributed by atoms with Crippen LogP contribution in [0.5, 0.6) is 0 Å². The van der Waals surface area contributed by atoms with Crippen LogP contribution < -0.4 is 0 Å². The Balaban J connectivity index is 1.57. The molecular weight excluding hydrogens is 424 g/mol. The fourth-order valence-corrected chi connectivity index (χ4v) is 12.3. The predicted octanol–water partition coefficient (Wildman–Crippen LogP) is 5.16. The highest BCUT2D eigenvalue weighted by atomic mass is 16.3. The Hall–Kier alpha value is -0.160. The summed E-state index contributed by atoms with van der Waals surface area (Å²) in [7, 11) is 0. The lowest BCUT2D eigenvalue weighted by Crippen LogP contribution is -2.71. The molecular formula is C30H52O4. The van der Waals surface area contributed by atoms with Gasteiger partial charge >= 0.3 is 0 Å². The maximum atomic E-state index is 11.8. The van der Waals surface area contributed by atoms with E-state index in [1.165, 1.54) is 12.8 Å². The topological polar surface area (TPSA) is 80.9 Å². The fraction of sp³-hybridized carbons (Fsp3) is 1.00. The molecule has 0 heterocycles. The number of aliphatic hydroxyl groups excluding tert-OH is 3. The van der Waals surface area contributed by atoms with Crippen LogP contribution in [0.15, 0.2) is 0 Å². The van der Waals surface area contributed by atoms with Crippen LogP contribution in [0.2, 0.25) is 0 Å². The second-order valence-corrected chi connectivity index (χ2v) is 15.8. The van der Waals surface area contributed by atoms with Gasteiger partial charge in [-0.25, -0.2) is 0 Å². The molecule has 4 N–H and O–H groups in total. The second-order valence-electron chi connectivity index (χ2n) is 15.8. The molecule has 0 amide bonds. The molecule has 34 heavy (non-hydrogen) atoms. The molecule has 196 valence electrons. The minimum atomic E-state index is -0.769. The average molecular weight is 477 g/mol. The van der Waals surface area contributed by atoms with Crippen LogP contribution in [-0.4, -0.2) is 44.3 Å². The first-order valence-electron chi connectivity index (χ1n) is 14.2. The molecule has 0 aliphatic heterocycles. The molecule has 0 spiro atoms. The first-order chi connectivity index (χ1) is 15.4. The van der Waals surface area contributed by atoms with Gasteiger partial charge in [0.15, 0.2) is 0 Å². The molecule has 5 fully saturated rings. The zero-order chi connectivity index (χ0) is 25.3. The molecule has 0 radical (unpaired) electrons. The van der Waals surface area contributed by atoms with Gasteiger partial charge in [0, 0.05) is 0 Å². The van der Waals surface area contributed by atoms with E-state index in [4.69, 9.17) is 0 Å². The van der Waals surface area contributed by atoms with Crippen LogP contribution in [0.25, 0.3) is 0 Å². The Bertz CT molecular complexity index is 832. The van der Waals surface area contributed by atoms with E-state index < -0.39 is 17.8 Å². The first-order valence-corrected chi connectivity index (χ1v) is 14.2. The second kappa shape index (κ2) is 7.23. The van der Waals surface area contributed by atoms with Crippen LogP contribution in [0.3, 0.4) is 0 Å². The van der Waals surface area contributed by atoms with E-state index in [0.717, 1.165) is 38.5 Å². The molecule has 0 aromatic heterocycles. The van der Waals surface area contributed by atoms with Crippen LogP contribution in [-0.2, 0) is 0 Å². The summed E-state index contributed by atoms with van der Waals surface area (Å²) in [4.78, 5) is 0. The summed E-state index contributed by atoms with van der Waals surface area (Å²) in [5.74, 6) is 1.37. The highest BCUT2D eigenvalue weighted by molar-refractivity contribution is 5.22. The van der Waals surface area contributed by atoms with Gasteiger partial charge in [-0.2, -0.15) is 0 Å². The summed E-state index contributed by atoms with van der Waals surface area (Å²) in [5.41, 5.74) is -1.15. The van der Waals surface area contributed by atoms with Crippen LogP contribution in [0.1, 0.15) is 107 Å². The molecule has 0 bridgehead atoms. The average Bonchev–Trinajstić information content (AvgIpc) is 3.05. The third kappa shape index (κ3) is 2.92. The molecule has 0 saturated heterocycles. The van der Waals surface area contributed by atoms with Gasteiger partial charge in [-0.1, -0.05) is 41.5 Å². The molecule has 4 heteroatoms. The van der Waals surface area contributed by atoms with Gasteiger partial charge in [0.2, 0.25) is 0 Å². The Kier molecular flexibility index (Phi) is 5.42. The number of hydrogen-bond acceptors (Lipinski definition) is 4. The van der Waals surface area contributed by atoms with E-state index in [2.05, 4.69) is 41.5 Å². The molecule has 5 aliphatic rings. The van der Waals surface area contributed by atoms with Gasteiger partial charge in [0.1, 0.15) is 0 Å². The smallest absolute Gasteiger partial charge is 0.0623 e. The van der Waals surface area contributed by atoms with E-state index in [0.29, 0.717) is 11.8 Å². The van der Waals surface area contributed by atoms with E-state index >= 15 is 0 Å². The summed E-state index contributed by atoms with van der Waals surface area (Å²) in [6, 6.07) is 0. The number of hydrogen-bond donors (Lipinski definition) is 4. The molecule has 5 aliphatic carbocycles. The van der Waals surface area contributed by atoms with E-state index in [9.17, 15) is 20.4 Å². The molecule has 4 nitrogen and oxygen atoms in total. The van der Waals surface area contributed by atoms with Crippen molar-refractivity contribution in [2.75, 3.05) is 0 Å². The molecule has 0 unspecified atom stereocenters. The fourth-order valence-electron chi connectivity index (χ4n) is 12.3. The Labute approximate surface area is 207 Å². The van der Waals surface area contributed by atoms with E-state index in [1.54, 1.807) is 0 Å². The summed E-state index contributed by atoms with van der Waals surface area (Å²) in [6.07, 6.45) is 6.55. The minimum Gasteiger partial charge on any atom is -0.393 e. The number of aliphatic hydroxyl groups is 4. The summed E-state index contributed by atoms with van der Waals surface area (Å²) >= 11 is 0. The van der Waals surface area contributed by atoms with Gasteiger partial charge in [-0.15, -0.1) is 0 Å². The van der Waals surface area contributed by atoms with Gasteiger partial charge in [0.05, 0.1) is 23.9 Å². The van der Waals surface area contributed by atoms with Crippen molar-refractivity contribution in [2.45, 2.75) is 131 Å². The quantitative estimate of drug-likeness (QED) is 0.421. The van der Waals surface area contributed by atoms with Crippen LogP contribution >= 0.6 is 0 Å². The van der Waals surface area contributed by atoms with Gasteiger partial charge < -0.3 is 20.4 Å². The van der Waals surface area contributed by atoms with Crippen molar-refractivity contribution in [3.8, 4) is 0 Å². The standard InChI is InChI=1S/C30H52O4/c1-25(2)22(33)12-14-28(6)21-10-9-20-27(5)13-11-17(26(3,4)34)23(27)18(31)15-29(20,7)30(21,8)16-19(32)24(25)28/h17-24,31-34H,9-16H2,1-8H3/t17-,18+,19+,20-,21-,22+,23-,24-,27-,28-,29-,30-/m1/s1. The Morgan fingerprint density at radius 3 is 1.74 bits per heavy atom. The summed E-state index contributed by atoms with van der Waals surface area (Å²) < 4.78 is 0. The molecule has 0 aromatic carbocycles. The lowest BCUT2D eigenvalue weighted by atomic mass is 9.31. The maximum absolute atomic E-state index is 11.8. The van der Waals surface area contributed by atoms with Crippen molar-refractivity contribution in [1.82, 2.24) is 0 Å². The molecule has 0 aromatic rings. The Morgan fingerprint density at radius 1 is 0.676 bits per heavy atom. The van der Waals surface area contributed by atoms with Crippen LogP contribution in [0, 0.1) is 56.7 Å². The zero-order valence-corrected chi connectivity index (χ0v) is 23.1. The van der Waals surface area contributed by atoms with Crippen molar-refractivity contribution in [3.63, 3.8) is 0 Å². The lowest BCUT2D eigenvalue weighted by Gasteiger charge is -2.74. The number of rotatable bonds is 1.